The molecule has 3 nitrogen and oxygen atoms in total. The number of hydrogen-bond acceptors (Lipinski definition) is 3. The molecule has 118 valence electrons. The van der Waals surface area contributed by atoms with Crippen LogP contribution < -0.4 is 10.6 Å². The van der Waals surface area contributed by atoms with E-state index in [4.69, 9.17) is 5.73 Å². The summed E-state index contributed by atoms with van der Waals surface area (Å²) in [5, 5.41) is 0. The van der Waals surface area contributed by atoms with Crippen LogP contribution in [0.5, 0.6) is 0 Å². The van der Waals surface area contributed by atoms with Crippen LogP contribution in [0.25, 0.3) is 5.57 Å². The van der Waals surface area contributed by atoms with Gasteiger partial charge in [0.05, 0.1) is 0 Å². The summed E-state index contributed by atoms with van der Waals surface area (Å²) in [5.41, 5.74) is 13.5. The van der Waals surface area contributed by atoms with Crippen molar-refractivity contribution in [1.82, 2.24) is 0 Å². The van der Waals surface area contributed by atoms with Gasteiger partial charge in [-0.2, -0.15) is 0 Å². The lowest BCUT2D eigenvalue weighted by Crippen LogP contribution is -2.11. The molecule has 2 rings (SSSR count). The number of allylic oxidation sites excluding steroid dienone is 3. The fraction of sp³-hybridized carbons (Fsp3) is 0.421. The van der Waals surface area contributed by atoms with Crippen LogP contribution in [0, 0.1) is 19.8 Å². The Hall–Kier alpha value is -2.03. The lowest BCUT2D eigenvalue weighted by Gasteiger charge is -2.21. The molecular formula is C19H27N3. The van der Waals surface area contributed by atoms with E-state index >= 15 is 0 Å². The van der Waals surface area contributed by atoms with Gasteiger partial charge in [0.1, 0.15) is 5.84 Å². The molecule has 0 radical (unpaired) electrons. The molecule has 0 unspecified atom stereocenters. The van der Waals surface area contributed by atoms with Gasteiger partial charge in [-0.25, -0.2) is 4.99 Å². The monoisotopic (exact) mass is 297 g/mol. The second-order valence-electron chi connectivity index (χ2n) is 6.51. The number of nitrogens with zero attached hydrogens (tertiary/aromatic N) is 2. The molecule has 1 heterocycles. The minimum atomic E-state index is 0.348. The zero-order valence-electron chi connectivity index (χ0n) is 14.6. The quantitative estimate of drug-likeness (QED) is 0.914. The van der Waals surface area contributed by atoms with E-state index in [0.29, 0.717) is 11.8 Å². The standard InChI is InChI=1S/C19H27N3/c1-12(2)19-16(8-7-9-17(20)21-19)18-13(3)10-15(22(5)6)11-14(18)4/h7,9-12H,8H2,1-6H3,(H2,20,21). The first kappa shape index (κ1) is 16.3. The molecule has 1 aromatic carbocycles. The maximum atomic E-state index is 5.97. The molecule has 0 bridgehead atoms. The van der Waals surface area contributed by atoms with E-state index in [9.17, 15) is 0 Å². The Balaban J connectivity index is 2.67. The highest BCUT2D eigenvalue weighted by molar-refractivity contribution is 5.94. The van der Waals surface area contributed by atoms with Crippen molar-refractivity contribution in [2.75, 3.05) is 19.0 Å². The van der Waals surface area contributed by atoms with Gasteiger partial charge in [-0.1, -0.05) is 19.9 Å². The molecule has 0 saturated carbocycles. The second-order valence-corrected chi connectivity index (χ2v) is 6.51. The molecule has 1 aliphatic rings. The molecule has 0 amide bonds. The van der Waals surface area contributed by atoms with Crippen LogP contribution in [-0.4, -0.2) is 19.9 Å². The number of hydrogen-bond donors (Lipinski definition) is 1. The van der Waals surface area contributed by atoms with E-state index in [-0.39, 0.29) is 0 Å². The molecule has 22 heavy (non-hydrogen) atoms. The molecule has 0 aliphatic carbocycles. The SMILES string of the molecule is Cc1cc(N(C)C)cc(C)c1C1=C(C(C)C)N=C(N)C=CC1. The van der Waals surface area contributed by atoms with Gasteiger partial charge in [-0.05, 0) is 66.7 Å². The van der Waals surface area contributed by atoms with Gasteiger partial charge in [0.15, 0.2) is 0 Å². The van der Waals surface area contributed by atoms with Crippen molar-refractivity contribution >= 4 is 17.1 Å². The lowest BCUT2D eigenvalue weighted by molar-refractivity contribution is 0.758. The topological polar surface area (TPSA) is 41.6 Å². The average molecular weight is 297 g/mol. The number of aliphatic imine (C=N–C) groups is 1. The first-order valence-corrected chi connectivity index (χ1v) is 7.84. The summed E-state index contributed by atoms with van der Waals surface area (Å²) in [6.07, 6.45) is 4.90. The van der Waals surface area contributed by atoms with Crippen LogP contribution in [0.4, 0.5) is 5.69 Å². The number of aryl methyl sites for hydroxylation is 2. The molecule has 2 N–H and O–H groups in total. The second kappa shape index (κ2) is 6.39. The molecule has 0 atom stereocenters. The fourth-order valence-corrected chi connectivity index (χ4v) is 3.03. The molecule has 0 aromatic heterocycles. The van der Waals surface area contributed by atoms with Crippen LogP contribution >= 0.6 is 0 Å². The van der Waals surface area contributed by atoms with Crippen molar-refractivity contribution in [1.29, 1.82) is 0 Å². The molecular weight excluding hydrogens is 270 g/mol. The zero-order valence-corrected chi connectivity index (χ0v) is 14.6. The number of rotatable bonds is 3. The van der Waals surface area contributed by atoms with E-state index < -0.39 is 0 Å². The van der Waals surface area contributed by atoms with E-state index in [2.05, 4.69) is 69.9 Å². The summed E-state index contributed by atoms with van der Waals surface area (Å²) in [4.78, 5) is 6.79. The number of benzene rings is 1. The van der Waals surface area contributed by atoms with Gasteiger partial charge >= 0.3 is 0 Å². The number of anilines is 1. The van der Waals surface area contributed by atoms with E-state index in [0.717, 1.165) is 12.1 Å². The van der Waals surface area contributed by atoms with Gasteiger partial charge < -0.3 is 10.6 Å². The number of nitrogens with two attached hydrogens (primary N) is 1. The van der Waals surface area contributed by atoms with Crippen LogP contribution in [0.3, 0.4) is 0 Å². The highest BCUT2D eigenvalue weighted by Gasteiger charge is 2.18. The minimum absolute atomic E-state index is 0.348. The van der Waals surface area contributed by atoms with E-state index in [1.165, 1.54) is 28.0 Å². The van der Waals surface area contributed by atoms with Crippen molar-refractivity contribution in [3.63, 3.8) is 0 Å². The van der Waals surface area contributed by atoms with Crippen LogP contribution in [0.2, 0.25) is 0 Å². The van der Waals surface area contributed by atoms with Crippen LogP contribution in [0.15, 0.2) is 35.0 Å². The summed E-state index contributed by atoms with van der Waals surface area (Å²) in [5.74, 6) is 0.944. The summed E-state index contributed by atoms with van der Waals surface area (Å²) in [7, 11) is 4.15. The molecule has 1 aliphatic heterocycles. The Morgan fingerprint density at radius 1 is 1.14 bits per heavy atom. The minimum Gasteiger partial charge on any atom is -0.384 e. The smallest absolute Gasteiger partial charge is 0.123 e. The largest absolute Gasteiger partial charge is 0.384 e. The summed E-state index contributed by atoms with van der Waals surface area (Å²) < 4.78 is 0. The predicted octanol–water partition coefficient (Wildman–Crippen LogP) is 4.05. The Bertz CT molecular complexity index is 638. The highest BCUT2D eigenvalue weighted by Crippen LogP contribution is 2.35. The fourth-order valence-electron chi connectivity index (χ4n) is 3.03. The Kier molecular flexibility index (Phi) is 4.74. The van der Waals surface area contributed by atoms with Gasteiger partial charge in [0.2, 0.25) is 0 Å². The Morgan fingerprint density at radius 3 is 2.23 bits per heavy atom. The maximum Gasteiger partial charge on any atom is 0.123 e. The van der Waals surface area contributed by atoms with Crippen molar-refractivity contribution in [3.8, 4) is 0 Å². The molecule has 1 aromatic rings. The molecule has 3 heteroatoms. The first-order valence-electron chi connectivity index (χ1n) is 7.84. The van der Waals surface area contributed by atoms with E-state index in [1.807, 2.05) is 6.08 Å². The summed E-state index contributed by atoms with van der Waals surface area (Å²) >= 11 is 0. The van der Waals surface area contributed by atoms with Crippen molar-refractivity contribution < 1.29 is 0 Å². The average Bonchev–Trinajstić information content (AvgIpc) is 2.60. The van der Waals surface area contributed by atoms with Crippen LogP contribution in [-0.2, 0) is 0 Å². The van der Waals surface area contributed by atoms with Crippen molar-refractivity contribution in [2.45, 2.75) is 34.1 Å². The van der Waals surface area contributed by atoms with Crippen LogP contribution in [0.1, 0.15) is 37.0 Å². The lowest BCUT2D eigenvalue weighted by atomic mass is 9.89. The molecule has 0 saturated heterocycles. The Morgan fingerprint density at radius 2 is 1.73 bits per heavy atom. The van der Waals surface area contributed by atoms with Crippen molar-refractivity contribution in [2.24, 2.45) is 16.6 Å². The third-order valence-corrected chi connectivity index (χ3v) is 4.05. The molecule has 0 spiro atoms. The third kappa shape index (κ3) is 3.24. The third-order valence-electron chi connectivity index (χ3n) is 4.05. The first-order chi connectivity index (χ1) is 10.3. The van der Waals surface area contributed by atoms with Gasteiger partial charge in [0.25, 0.3) is 0 Å². The Labute approximate surface area is 134 Å². The van der Waals surface area contributed by atoms with Crippen molar-refractivity contribution in [3.05, 3.63) is 46.7 Å². The van der Waals surface area contributed by atoms with Gasteiger partial charge in [-0.15, -0.1) is 0 Å². The summed E-state index contributed by atoms with van der Waals surface area (Å²) in [6.45, 7) is 8.72. The maximum absolute atomic E-state index is 5.97. The van der Waals surface area contributed by atoms with Gasteiger partial charge in [0, 0.05) is 25.5 Å². The van der Waals surface area contributed by atoms with Gasteiger partial charge in [-0.3, -0.25) is 0 Å². The van der Waals surface area contributed by atoms with E-state index in [1.54, 1.807) is 0 Å². The normalized spacial score (nSPS) is 15.1. The predicted molar refractivity (Wildman–Crippen MR) is 97.4 cm³/mol. The molecule has 0 fully saturated rings. The highest BCUT2D eigenvalue weighted by atomic mass is 15.1. The summed E-state index contributed by atoms with van der Waals surface area (Å²) in [6, 6.07) is 4.49. The number of amidine groups is 1. The zero-order chi connectivity index (χ0) is 16.4.